The van der Waals surface area contributed by atoms with Gasteiger partial charge in [0.25, 0.3) is 0 Å². The molecular weight excluding hydrogens is 302 g/mol. The Morgan fingerprint density at radius 2 is 1.56 bits per heavy atom. The van der Waals surface area contributed by atoms with Crippen molar-refractivity contribution < 1.29 is 0 Å². The van der Waals surface area contributed by atoms with E-state index in [1.807, 2.05) is 0 Å². The molecule has 1 heteroatoms. The summed E-state index contributed by atoms with van der Waals surface area (Å²) in [4.78, 5) is 0. The predicted molar refractivity (Wildman–Crippen MR) is 108 cm³/mol. The lowest BCUT2D eigenvalue weighted by Gasteiger charge is -2.22. The van der Waals surface area contributed by atoms with E-state index in [4.69, 9.17) is 0 Å². The average molecular weight is 325 g/mol. The first-order chi connectivity index (χ1) is 12.4. The molecule has 2 atom stereocenters. The molecule has 2 aromatic carbocycles. The second-order valence-corrected chi connectivity index (χ2v) is 6.65. The van der Waals surface area contributed by atoms with Crippen LogP contribution in [0.3, 0.4) is 0 Å². The maximum atomic E-state index is 3.62. The molecule has 0 aliphatic heterocycles. The zero-order chi connectivity index (χ0) is 16.9. The fourth-order valence-electron chi connectivity index (χ4n) is 3.45. The van der Waals surface area contributed by atoms with Crippen molar-refractivity contribution in [3.63, 3.8) is 0 Å². The molecule has 2 unspecified atom stereocenters. The van der Waals surface area contributed by atoms with Gasteiger partial charge in [-0.2, -0.15) is 0 Å². The van der Waals surface area contributed by atoms with Gasteiger partial charge in [0.15, 0.2) is 0 Å². The summed E-state index contributed by atoms with van der Waals surface area (Å²) < 4.78 is 0. The average Bonchev–Trinajstić information content (AvgIpc) is 2.71. The highest BCUT2D eigenvalue weighted by Crippen LogP contribution is 2.27. The summed E-state index contributed by atoms with van der Waals surface area (Å²) in [6, 6.07) is 19.6. The highest BCUT2D eigenvalue weighted by atomic mass is 14.9. The second kappa shape index (κ2) is 7.40. The Bertz CT molecular complexity index is 822. The molecule has 25 heavy (non-hydrogen) atoms. The summed E-state index contributed by atoms with van der Waals surface area (Å²) in [6.07, 6.45) is 18.0. The molecule has 0 heterocycles. The largest absolute Gasteiger partial charge is 0.379 e. The molecular formula is C24H23N. The lowest BCUT2D eigenvalue weighted by molar-refractivity contribution is 0.757. The molecule has 2 aliphatic rings. The maximum absolute atomic E-state index is 3.62. The van der Waals surface area contributed by atoms with E-state index in [1.54, 1.807) is 0 Å². The molecule has 0 amide bonds. The van der Waals surface area contributed by atoms with Crippen molar-refractivity contribution in [3.8, 4) is 11.1 Å². The fraction of sp³-hybridized carbons (Fsp3) is 0.167. The van der Waals surface area contributed by atoms with Gasteiger partial charge in [0.1, 0.15) is 0 Å². The Morgan fingerprint density at radius 3 is 2.24 bits per heavy atom. The predicted octanol–water partition coefficient (Wildman–Crippen LogP) is 6.15. The summed E-state index contributed by atoms with van der Waals surface area (Å²) in [7, 11) is 0. The lowest BCUT2D eigenvalue weighted by atomic mass is 9.88. The van der Waals surface area contributed by atoms with Gasteiger partial charge in [0.05, 0.1) is 0 Å². The van der Waals surface area contributed by atoms with Crippen molar-refractivity contribution in [1.29, 1.82) is 0 Å². The minimum Gasteiger partial charge on any atom is -0.379 e. The molecule has 2 aliphatic carbocycles. The fourth-order valence-corrected chi connectivity index (χ4v) is 3.45. The van der Waals surface area contributed by atoms with Crippen molar-refractivity contribution in [3.05, 3.63) is 103 Å². The van der Waals surface area contributed by atoms with E-state index in [0.717, 1.165) is 12.8 Å². The molecule has 0 fully saturated rings. The highest BCUT2D eigenvalue weighted by Gasteiger charge is 2.14. The molecule has 1 N–H and O–H groups in total. The first-order valence-corrected chi connectivity index (χ1v) is 9.02. The standard InChI is InChI=1S/C24H23N/c1-3-7-19(8-4-1)21-11-15-23(16-12-21)25-24-17-13-22(14-18-24)20-9-5-2-6-10-20/h1-9,11-17,20,24-25H,10,18H2. The van der Waals surface area contributed by atoms with Gasteiger partial charge in [-0.15, -0.1) is 0 Å². The van der Waals surface area contributed by atoms with Crippen LogP contribution in [0.5, 0.6) is 0 Å². The quantitative estimate of drug-likeness (QED) is 0.710. The van der Waals surface area contributed by atoms with Gasteiger partial charge in [-0.1, -0.05) is 85.0 Å². The van der Waals surface area contributed by atoms with Gasteiger partial charge in [-0.3, -0.25) is 0 Å². The van der Waals surface area contributed by atoms with Crippen LogP contribution in [-0.2, 0) is 0 Å². The zero-order valence-corrected chi connectivity index (χ0v) is 14.3. The van der Waals surface area contributed by atoms with Crippen LogP contribution in [0.15, 0.2) is 103 Å². The molecule has 0 saturated heterocycles. The number of anilines is 1. The van der Waals surface area contributed by atoms with E-state index in [1.165, 1.54) is 22.4 Å². The summed E-state index contributed by atoms with van der Waals surface area (Å²) in [5.41, 5.74) is 5.13. The van der Waals surface area contributed by atoms with Crippen LogP contribution >= 0.6 is 0 Å². The van der Waals surface area contributed by atoms with E-state index in [-0.39, 0.29) is 0 Å². The van der Waals surface area contributed by atoms with E-state index >= 15 is 0 Å². The minimum atomic E-state index is 0.370. The number of allylic oxidation sites excluding steroid dienone is 6. The van der Waals surface area contributed by atoms with Crippen molar-refractivity contribution in [2.24, 2.45) is 5.92 Å². The van der Waals surface area contributed by atoms with Crippen LogP contribution in [0, 0.1) is 5.92 Å². The van der Waals surface area contributed by atoms with Crippen LogP contribution in [0.2, 0.25) is 0 Å². The second-order valence-electron chi connectivity index (χ2n) is 6.65. The number of rotatable bonds is 4. The third kappa shape index (κ3) is 3.83. The van der Waals surface area contributed by atoms with E-state index in [2.05, 4.69) is 102 Å². The van der Waals surface area contributed by atoms with Crippen molar-refractivity contribution in [2.45, 2.75) is 18.9 Å². The third-order valence-electron chi connectivity index (χ3n) is 4.88. The van der Waals surface area contributed by atoms with Crippen molar-refractivity contribution in [1.82, 2.24) is 0 Å². The first kappa shape index (κ1) is 15.7. The van der Waals surface area contributed by atoms with E-state index < -0.39 is 0 Å². The third-order valence-corrected chi connectivity index (χ3v) is 4.88. The Kier molecular flexibility index (Phi) is 4.65. The normalized spacial score (nSPS) is 21.8. The smallest absolute Gasteiger partial charge is 0.0482 e. The number of hydrogen-bond donors (Lipinski definition) is 1. The number of nitrogens with one attached hydrogen (secondary N) is 1. The van der Waals surface area contributed by atoms with Gasteiger partial charge in [0.2, 0.25) is 0 Å². The van der Waals surface area contributed by atoms with Crippen molar-refractivity contribution in [2.75, 3.05) is 5.32 Å². The maximum Gasteiger partial charge on any atom is 0.0482 e. The summed E-state index contributed by atoms with van der Waals surface area (Å²) in [5.74, 6) is 0.548. The van der Waals surface area contributed by atoms with E-state index in [0.29, 0.717) is 12.0 Å². The summed E-state index contributed by atoms with van der Waals surface area (Å²) in [5, 5.41) is 3.62. The zero-order valence-electron chi connectivity index (χ0n) is 14.3. The number of hydrogen-bond acceptors (Lipinski definition) is 1. The van der Waals surface area contributed by atoms with E-state index in [9.17, 15) is 0 Å². The Balaban J connectivity index is 1.37. The molecule has 1 nitrogen and oxygen atoms in total. The van der Waals surface area contributed by atoms with Gasteiger partial charge in [-0.25, -0.2) is 0 Å². The van der Waals surface area contributed by atoms with Gasteiger partial charge >= 0.3 is 0 Å². The lowest BCUT2D eigenvalue weighted by Crippen LogP contribution is -2.19. The van der Waals surface area contributed by atoms with Crippen LogP contribution in [-0.4, -0.2) is 6.04 Å². The Labute approximate surface area is 150 Å². The molecule has 0 saturated carbocycles. The van der Waals surface area contributed by atoms with Crippen LogP contribution in [0.4, 0.5) is 5.69 Å². The SMILES string of the molecule is C1=CCC(C2=CCC(Nc3ccc(-c4ccccc4)cc3)C=C2)C=C1. The first-order valence-electron chi connectivity index (χ1n) is 9.02. The number of benzene rings is 2. The minimum absolute atomic E-state index is 0.370. The Hall–Kier alpha value is -2.80. The van der Waals surface area contributed by atoms with Crippen LogP contribution in [0.25, 0.3) is 11.1 Å². The van der Waals surface area contributed by atoms with Gasteiger partial charge in [0, 0.05) is 17.6 Å². The molecule has 124 valence electrons. The van der Waals surface area contributed by atoms with Gasteiger partial charge in [-0.05, 0) is 41.7 Å². The topological polar surface area (TPSA) is 12.0 Å². The molecule has 2 aromatic rings. The van der Waals surface area contributed by atoms with Crippen molar-refractivity contribution >= 4 is 5.69 Å². The molecule has 0 spiro atoms. The molecule has 4 rings (SSSR count). The highest BCUT2D eigenvalue weighted by molar-refractivity contribution is 5.66. The molecule has 0 aromatic heterocycles. The summed E-state index contributed by atoms with van der Waals surface area (Å²) in [6.45, 7) is 0. The molecule has 0 radical (unpaired) electrons. The Morgan fingerprint density at radius 1 is 0.760 bits per heavy atom. The van der Waals surface area contributed by atoms with Crippen LogP contribution < -0.4 is 5.32 Å². The monoisotopic (exact) mass is 325 g/mol. The molecule has 0 bridgehead atoms. The summed E-state index contributed by atoms with van der Waals surface area (Å²) >= 11 is 0. The van der Waals surface area contributed by atoms with Gasteiger partial charge < -0.3 is 5.32 Å². The van der Waals surface area contributed by atoms with Crippen LogP contribution in [0.1, 0.15) is 12.8 Å².